The van der Waals surface area contributed by atoms with Gasteiger partial charge < -0.3 is 9.84 Å². The average molecular weight is 270 g/mol. The number of carbonyl (C=O) groups is 1. The molecule has 102 valence electrons. The Morgan fingerprint density at radius 2 is 1.90 bits per heavy atom. The summed E-state index contributed by atoms with van der Waals surface area (Å²) in [4.78, 5) is 11.9. The zero-order chi connectivity index (χ0) is 14.4. The SMILES string of the molecule is COc1ccccc1C(=O)N/N=C/c1ccccc1O. The standard InChI is InChI=1S/C15H14N2O3/c1-20-14-9-5-3-7-12(14)15(19)17-16-10-11-6-2-4-8-13(11)18/h2-10,18H,1H3,(H,17,19)/b16-10+. The summed E-state index contributed by atoms with van der Waals surface area (Å²) in [5, 5.41) is 13.4. The van der Waals surface area contributed by atoms with E-state index in [0.717, 1.165) is 0 Å². The van der Waals surface area contributed by atoms with Gasteiger partial charge in [-0.15, -0.1) is 0 Å². The monoisotopic (exact) mass is 270 g/mol. The van der Waals surface area contributed by atoms with Crippen LogP contribution in [0.1, 0.15) is 15.9 Å². The minimum atomic E-state index is -0.380. The predicted molar refractivity (Wildman–Crippen MR) is 76.2 cm³/mol. The Hall–Kier alpha value is -2.82. The lowest BCUT2D eigenvalue weighted by Crippen LogP contribution is -2.18. The second-order valence-corrected chi connectivity index (χ2v) is 3.96. The Morgan fingerprint density at radius 3 is 2.65 bits per heavy atom. The molecule has 0 aliphatic rings. The second-order valence-electron chi connectivity index (χ2n) is 3.96. The maximum absolute atomic E-state index is 11.9. The van der Waals surface area contributed by atoms with Crippen LogP contribution in [0.3, 0.4) is 0 Å². The number of phenolic OH excluding ortho intramolecular Hbond substituents is 1. The molecule has 5 heteroatoms. The third-order valence-electron chi connectivity index (χ3n) is 2.66. The summed E-state index contributed by atoms with van der Waals surface area (Å²) in [6.07, 6.45) is 1.38. The summed E-state index contributed by atoms with van der Waals surface area (Å²) in [7, 11) is 1.50. The Labute approximate surface area is 116 Å². The molecule has 1 amide bonds. The molecule has 0 spiro atoms. The van der Waals surface area contributed by atoms with Gasteiger partial charge in [0.05, 0.1) is 18.9 Å². The first-order valence-electron chi connectivity index (χ1n) is 5.97. The van der Waals surface area contributed by atoms with Crippen molar-refractivity contribution in [2.75, 3.05) is 7.11 Å². The van der Waals surface area contributed by atoms with Gasteiger partial charge in [-0.1, -0.05) is 24.3 Å². The summed E-state index contributed by atoms with van der Waals surface area (Å²) in [6.45, 7) is 0. The molecule has 0 aromatic heterocycles. The van der Waals surface area contributed by atoms with Crippen LogP contribution in [0.25, 0.3) is 0 Å². The molecule has 2 N–H and O–H groups in total. The molecule has 20 heavy (non-hydrogen) atoms. The molecule has 2 aromatic rings. The highest BCUT2D eigenvalue weighted by Gasteiger charge is 2.09. The molecule has 0 heterocycles. The highest BCUT2D eigenvalue weighted by atomic mass is 16.5. The number of hydrazone groups is 1. The molecule has 0 saturated heterocycles. The minimum absolute atomic E-state index is 0.0998. The number of ether oxygens (including phenoxy) is 1. The van der Waals surface area contributed by atoms with Gasteiger partial charge in [-0.3, -0.25) is 4.79 Å². The number of rotatable bonds is 4. The molecule has 0 radical (unpaired) electrons. The van der Waals surface area contributed by atoms with Gasteiger partial charge in [-0.05, 0) is 24.3 Å². The Kier molecular flexibility index (Phi) is 4.34. The maximum Gasteiger partial charge on any atom is 0.275 e. The zero-order valence-electron chi connectivity index (χ0n) is 10.9. The number of hydrogen-bond acceptors (Lipinski definition) is 4. The van der Waals surface area contributed by atoms with E-state index in [2.05, 4.69) is 10.5 Å². The van der Waals surface area contributed by atoms with Crippen LogP contribution < -0.4 is 10.2 Å². The van der Waals surface area contributed by atoms with Crippen molar-refractivity contribution in [1.29, 1.82) is 0 Å². The van der Waals surface area contributed by atoms with Gasteiger partial charge in [0.1, 0.15) is 11.5 Å². The largest absolute Gasteiger partial charge is 0.507 e. The van der Waals surface area contributed by atoms with Crippen molar-refractivity contribution in [3.05, 3.63) is 59.7 Å². The number of hydrogen-bond donors (Lipinski definition) is 2. The summed E-state index contributed by atoms with van der Waals surface area (Å²) < 4.78 is 5.10. The summed E-state index contributed by atoms with van der Waals surface area (Å²) in [5.74, 6) is 0.194. The van der Waals surface area contributed by atoms with Crippen LogP contribution in [0.2, 0.25) is 0 Å². The van der Waals surface area contributed by atoms with Gasteiger partial charge in [0.15, 0.2) is 0 Å². The van der Waals surface area contributed by atoms with E-state index in [1.807, 2.05) is 0 Å². The van der Waals surface area contributed by atoms with E-state index in [-0.39, 0.29) is 11.7 Å². The molecule has 0 aliphatic carbocycles. The number of para-hydroxylation sites is 2. The molecular weight excluding hydrogens is 256 g/mol. The van der Waals surface area contributed by atoms with Crippen LogP contribution in [0, 0.1) is 0 Å². The van der Waals surface area contributed by atoms with E-state index in [0.29, 0.717) is 16.9 Å². The summed E-state index contributed by atoms with van der Waals surface area (Å²) in [5.41, 5.74) is 3.30. The van der Waals surface area contributed by atoms with Crippen LogP contribution in [0.5, 0.6) is 11.5 Å². The highest BCUT2D eigenvalue weighted by Crippen LogP contribution is 2.17. The van der Waals surface area contributed by atoms with E-state index in [1.54, 1.807) is 48.5 Å². The third kappa shape index (κ3) is 3.14. The zero-order valence-corrected chi connectivity index (χ0v) is 10.9. The predicted octanol–water partition coefficient (Wildman–Crippen LogP) is 2.16. The van der Waals surface area contributed by atoms with Crippen LogP contribution in [0.15, 0.2) is 53.6 Å². The van der Waals surface area contributed by atoms with Crippen molar-refractivity contribution in [1.82, 2.24) is 5.43 Å². The molecule has 0 saturated carbocycles. The lowest BCUT2D eigenvalue weighted by molar-refractivity contribution is 0.0952. The molecule has 2 rings (SSSR count). The van der Waals surface area contributed by atoms with Crippen molar-refractivity contribution < 1.29 is 14.6 Å². The average Bonchev–Trinajstić information content (AvgIpc) is 2.49. The number of aromatic hydroxyl groups is 1. The number of methoxy groups -OCH3 is 1. The number of amides is 1. The molecule has 0 aliphatic heterocycles. The quantitative estimate of drug-likeness (QED) is 0.660. The Balaban J connectivity index is 2.07. The molecule has 0 fully saturated rings. The van der Waals surface area contributed by atoms with E-state index in [4.69, 9.17) is 4.74 Å². The fourth-order valence-electron chi connectivity index (χ4n) is 1.65. The van der Waals surface area contributed by atoms with Crippen molar-refractivity contribution >= 4 is 12.1 Å². The highest BCUT2D eigenvalue weighted by molar-refractivity contribution is 5.97. The summed E-state index contributed by atoms with van der Waals surface area (Å²) in [6, 6.07) is 13.6. The first-order valence-corrected chi connectivity index (χ1v) is 5.97. The maximum atomic E-state index is 11.9. The smallest absolute Gasteiger partial charge is 0.275 e. The van der Waals surface area contributed by atoms with Gasteiger partial charge in [0, 0.05) is 5.56 Å². The van der Waals surface area contributed by atoms with Crippen molar-refractivity contribution in [3.8, 4) is 11.5 Å². The number of phenols is 1. The van der Waals surface area contributed by atoms with Crippen molar-refractivity contribution in [2.45, 2.75) is 0 Å². The van der Waals surface area contributed by atoms with E-state index in [9.17, 15) is 9.90 Å². The topological polar surface area (TPSA) is 70.9 Å². The second kappa shape index (κ2) is 6.38. The molecular formula is C15H14N2O3. The first-order chi connectivity index (χ1) is 9.72. The van der Waals surface area contributed by atoms with E-state index in [1.165, 1.54) is 13.3 Å². The summed E-state index contributed by atoms with van der Waals surface area (Å²) >= 11 is 0. The van der Waals surface area contributed by atoms with Crippen molar-refractivity contribution in [3.63, 3.8) is 0 Å². The first kappa shape index (κ1) is 13.6. The van der Waals surface area contributed by atoms with Crippen LogP contribution in [-0.2, 0) is 0 Å². The fraction of sp³-hybridized carbons (Fsp3) is 0.0667. The minimum Gasteiger partial charge on any atom is -0.507 e. The Bertz CT molecular complexity index is 639. The third-order valence-corrected chi connectivity index (χ3v) is 2.66. The van der Waals surface area contributed by atoms with Crippen LogP contribution >= 0.6 is 0 Å². The van der Waals surface area contributed by atoms with Crippen molar-refractivity contribution in [2.24, 2.45) is 5.10 Å². The lowest BCUT2D eigenvalue weighted by atomic mass is 10.2. The van der Waals surface area contributed by atoms with Gasteiger partial charge in [0.2, 0.25) is 0 Å². The van der Waals surface area contributed by atoms with Gasteiger partial charge in [0.25, 0.3) is 5.91 Å². The number of nitrogens with zero attached hydrogens (tertiary/aromatic N) is 1. The Morgan fingerprint density at radius 1 is 1.20 bits per heavy atom. The fourth-order valence-corrected chi connectivity index (χ4v) is 1.65. The lowest BCUT2D eigenvalue weighted by Gasteiger charge is -2.06. The number of benzene rings is 2. The van der Waals surface area contributed by atoms with Crippen LogP contribution in [0.4, 0.5) is 0 Å². The molecule has 5 nitrogen and oxygen atoms in total. The molecule has 0 atom stereocenters. The van der Waals surface area contributed by atoms with Gasteiger partial charge >= 0.3 is 0 Å². The molecule has 0 bridgehead atoms. The van der Waals surface area contributed by atoms with Gasteiger partial charge in [-0.25, -0.2) is 5.43 Å². The van der Waals surface area contributed by atoms with Gasteiger partial charge in [-0.2, -0.15) is 5.10 Å². The molecule has 0 unspecified atom stereocenters. The van der Waals surface area contributed by atoms with E-state index >= 15 is 0 Å². The normalized spacial score (nSPS) is 10.4. The van der Waals surface area contributed by atoms with E-state index < -0.39 is 0 Å². The molecule has 2 aromatic carbocycles. The number of nitrogens with one attached hydrogen (secondary N) is 1. The van der Waals surface area contributed by atoms with Crippen LogP contribution in [-0.4, -0.2) is 24.3 Å². The number of carbonyl (C=O) groups excluding carboxylic acids is 1.